The van der Waals surface area contributed by atoms with Gasteiger partial charge in [0.05, 0.1) is 0 Å². The molecule has 7 aromatic rings. The second-order valence-corrected chi connectivity index (χ2v) is 13.7. The van der Waals surface area contributed by atoms with Crippen LogP contribution >= 0.6 is 0 Å². The van der Waals surface area contributed by atoms with Gasteiger partial charge in [-0.2, -0.15) is 0 Å². The smallest absolute Gasteiger partial charge is 0.0465 e. The maximum absolute atomic E-state index is 9.03. The number of benzene rings is 7. The molecule has 7 aromatic carbocycles. The first kappa shape index (κ1) is 23.6. The number of hydrogen-bond donors (Lipinski definition) is 0. The van der Waals surface area contributed by atoms with E-state index in [4.69, 9.17) is 8.22 Å². The third kappa shape index (κ3) is 4.53. The quantitative estimate of drug-likeness (QED) is 0.182. The van der Waals surface area contributed by atoms with Crippen molar-refractivity contribution >= 4 is 17.1 Å². The van der Waals surface area contributed by atoms with Gasteiger partial charge >= 0.3 is 0 Å². The molecule has 0 aromatic heterocycles. The summed E-state index contributed by atoms with van der Waals surface area (Å²) in [5.41, 5.74) is 10.5. The Kier molecular flexibility index (Phi) is 5.27. The predicted molar refractivity (Wildman–Crippen MR) is 207 cm³/mol. The van der Waals surface area contributed by atoms with Gasteiger partial charge in [0.15, 0.2) is 0 Å². The molecule has 49 heavy (non-hydrogen) atoms. The lowest BCUT2D eigenvalue weighted by atomic mass is 9.81. The van der Waals surface area contributed by atoms with E-state index in [0.29, 0.717) is 22.4 Å². The van der Waals surface area contributed by atoms with Crippen LogP contribution in [0.25, 0.3) is 44.5 Å². The summed E-state index contributed by atoms with van der Waals surface area (Å²) in [5, 5.41) is 0. The third-order valence-electron chi connectivity index (χ3n) is 10.5. The normalized spacial score (nSPS) is 16.8. The number of rotatable bonds is 5. The molecule has 0 unspecified atom stereocenters. The molecule has 236 valence electrons. The van der Waals surface area contributed by atoms with Gasteiger partial charge in [0.2, 0.25) is 0 Å². The maximum atomic E-state index is 9.03. The summed E-state index contributed by atoms with van der Waals surface area (Å²) in [6.07, 6.45) is 0. The van der Waals surface area contributed by atoms with E-state index in [2.05, 4.69) is 97.6 Å². The molecule has 2 aliphatic rings. The number of fused-ring (bicyclic) bond motifs is 6. The highest BCUT2D eigenvalue weighted by molar-refractivity contribution is 5.94. The third-order valence-corrected chi connectivity index (χ3v) is 10.5. The molecule has 0 spiro atoms. The molecule has 1 heteroatoms. The Hall–Kier alpha value is -5.66. The summed E-state index contributed by atoms with van der Waals surface area (Å²) in [7, 11) is 0. The van der Waals surface area contributed by atoms with Crippen molar-refractivity contribution in [2.45, 2.75) is 38.4 Å². The van der Waals surface area contributed by atoms with E-state index < -0.39 is 19.1 Å². The van der Waals surface area contributed by atoms with Crippen LogP contribution in [-0.4, -0.2) is 0 Å². The number of hydrogen-bond acceptors (Lipinski definition) is 1. The van der Waals surface area contributed by atoms with Crippen molar-refractivity contribution in [3.05, 3.63) is 186 Å². The van der Waals surface area contributed by atoms with Crippen molar-refractivity contribution in [1.82, 2.24) is 0 Å². The summed E-state index contributed by atoms with van der Waals surface area (Å²) < 4.78 is 54.2. The molecule has 1 nitrogen and oxygen atoms in total. The fraction of sp³-hybridized carbons (Fsp3) is 0.125. The van der Waals surface area contributed by atoms with Crippen LogP contribution in [0.1, 0.15) is 58.0 Å². The maximum Gasteiger partial charge on any atom is 0.0465 e. The molecule has 0 saturated heterocycles. The molecule has 0 aliphatic heterocycles. The van der Waals surface area contributed by atoms with E-state index >= 15 is 0 Å². The SMILES string of the molecule is [2H]C([2H])([2H])C1(C([2H])([2H])[2H])c2cc(N(c3ccc(-c4ccccc4)cc3)c3ccc4c(c3)C(C)(C)c3ccccc3-4)ccc2-c2c(-c3ccccc3)cccc21. The van der Waals surface area contributed by atoms with Gasteiger partial charge in [0.25, 0.3) is 0 Å². The Morgan fingerprint density at radius 2 is 0.898 bits per heavy atom. The van der Waals surface area contributed by atoms with E-state index in [1.165, 1.54) is 22.3 Å². The van der Waals surface area contributed by atoms with E-state index in [-0.39, 0.29) is 11.0 Å². The second kappa shape index (κ2) is 10.9. The Balaban J connectivity index is 1.29. The van der Waals surface area contributed by atoms with E-state index in [1.807, 2.05) is 72.8 Å². The monoisotopic (exact) mass is 635 g/mol. The van der Waals surface area contributed by atoms with Crippen LogP contribution in [0, 0.1) is 0 Å². The first-order valence-electron chi connectivity index (χ1n) is 19.9. The largest absolute Gasteiger partial charge is 0.310 e. The van der Waals surface area contributed by atoms with Crippen LogP contribution in [0.2, 0.25) is 0 Å². The second-order valence-electron chi connectivity index (χ2n) is 13.7. The molecule has 0 fully saturated rings. The first-order chi connectivity index (χ1) is 26.3. The summed E-state index contributed by atoms with van der Waals surface area (Å²) in [5.74, 6) is 0. The molecule has 9 rings (SSSR count). The van der Waals surface area contributed by atoms with Crippen molar-refractivity contribution < 1.29 is 8.22 Å². The van der Waals surface area contributed by atoms with Gasteiger partial charge in [-0.25, -0.2) is 0 Å². The van der Waals surface area contributed by atoms with Crippen LogP contribution < -0.4 is 4.90 Å². The van der Waals surface area contributed by atoms with Crippen molar-refractivity contribution in [3.63, 3.8) is 0 Å². The predicted octanol–water partition coefficient (Wildman–Crippen LogP) is 13.1. The highest BCUT2D eigenvalue weighted by atomic mass is 15.1. The summed E-state index contributed by atoms with van der Waals surface area (Å²) >= 11 is 0. The summed E-state index contributed by atoms with van der Waals surface area (Å²) in [6.45, 7) is -1.31. The molecule has 0 amide bonds. The van der Waals surface area contributed by atoms with Gasteiger partial charge in [0, 0.05) is 36.1 Å². The molecule has 0 radical (unpaired) electrons. The van der Waals surface area contributed by atoms with Crippen LogP contribution in [0.3, 0.4) is 0 Å². The van der Waals surface area contributed by atoms with Gasteiger partial charge in [-0.05, 0) is 103 Å². The molecule has 0 atom stereocenters. The molecule has 0 N–H and O–H groups in total. The Morgan fingerprint density at radius 3 is 1.59 bits per heavy atom. The van der Waals surface area contributed by atoms with E-state index in [1.54, 1.807) is 12.1 Å². The number of nitrogens with zero attached hydrogens (tertiary/aromatic N) is 1. The topological polar surface area (TPSA) is 3.24 Å². The molecule has 0 saturated carbocycles. The summed E-state index contributed by atoms with van der Waals surface area (Å²) in [6, 6.07) is 54.5. The van der Waals surface area contributed by atoms with Crippen LogP contribution in [0.5, 0.6) is 0 Å². The van der Waals surface area contributed by atoms with Gasteiger partial charge in [0.1, 0.15) is 0 Å². The highest BCUT2D eigenvalue weighted by Gasteiger charge is 2.38. The zero-order chi connectivity index (χ0) is 38.3. The minimum atomic E-state index is -2.91. The van der Waals surface area contributed by atoms with Gasteiger partial charge in [-0.3, -0.25) is 0 Å². The minimum Gasteiger partial charge on any atom is -0.310 e. The van der Waals surface area contributed by atoms with Crippen LogP contribution in [0.15, 0.2) is 164 Å². The van der Waals surface area contributed by atoms with Crippen molar-refractivity contribution in [2.75, 3.05) is 4.90 Å². The molecular formula is C48H39N. The molecule has 0 heterocycles. The fourth-order valence-electron chi connectivity index (χ4n) is 8.07. The molecule has 2 aliphatic carbocycles. The average molecular weight is 636 g/mol. The van der Waals surface area contributed by atoms with Gasteiger partial charge < -0.3 is 4.90 Å². The standard InChI is InChI=1S/C48H39N/c1-47(2)42-20-12-11-18-39(42)40-28-26-36(30-44(40)47)49(35-24-22-33(23-25-35)32-14-7-5-8-15-32)37-27-29-41-45(31-37)48(3,4)43-21-13-19-38(46(41)43)34-16-9-6-10-17-34/h5-31H,1-4H3/i3D3,4D3. The van der Waals surface area contributed by atoms with Crippen molar-refractivity contribution in [3.8, 4) is 44.5 Å². The first-order valence-corrected chi connectivity index (χ1v) is 16.9. The lowest BCUT2D eigenvalue weighted by Crippen LogP contribution is -2.18. The van der Waals surface area contributed by atoms with E-state index in [9.17, 15) is 0 Å². The lowest BCUT2D eigenvalue weighted by molar-refractivity contribution is 0.660. The minimum absolute atomic E-state index is 0.254. The zero-order valence-electron chi connectivity index (χ0n) is 33.5. The fourth-order valence-corrected chi connectivity index (χ4v) is 8.07. The Labute approximate surface area is 298 Å². The zero-order valence-corrected chi connectivity index (χ0v) is 27.5. The highest BCUT2D eigenvalue weighted by Crippen LogP contribution is 2.54. The van der Waals surface area contributed by atoms with Gasteiger partial charge in [-0.1, -0.05) is 155 Å². The lowest BCUT2D eigenvalue weighted by Gasteiger charge is -2.30. The van der Waals surface area contributed by atoms with Crippen molar-refractivity contribution in [1.29, 1.82) is 0 Å². The number of anilines is 3. The van der Waals surface area contributed by atoms with E-state index in [0.717, 1.165) is 33.6 Å². The van der Waals surface area contributed by atoms with Crippen LogP contribution in [-0.2, 0) is 10.8 Å². The van der Waals surface area contributed by atoms with Crippen LogP contribution in [0.4, 0.5) is 17.1 Å². The Morgan fingerprint density at radius 1 is 0.388 bits per heavy atom. The molecule has 0 bridgehead atoms. The summed E-state index contributed by atoms with van der Waals surface area (Å²) in [4.78, 5) is 2.12. The van der Waals surface area contributed by atoms with Gasteiger partial charge in [-0.15, -0.1) is 0 Å². The van der Waals surface area contributed by atoms with Crippen molar-refractivity contribution in [2.24, 2.45) is 0 Å². The molecular weight excluding hydrogens is 591 g/mol. The Bertz CT molecular complexity index is 2570. The average Bonchev–Trinajstić information content (AvgIpc) is 3.62.